The number of ketones is 1. The van der Waals surface area contributed by atoms with Crippen LogP contribution in [0.2, 0.25) is 0 Å². The van der Waals surface area contributed by atoms with Gasteiger partial charge in [-0.15, -0.1) is 12.2 Å². The molecule has 142 valence electrons. The van der Waals surface area contributed by atoms with Gasteiger partial charge < -0.3 is 9.84 Å². The van der Waals surface area contributed by atoms with Crippen molar-refractivity contribution in [3.8, 4) is 0 Å². The van der Waals surface area contributed by atoms with E-state index in [0.29, 0.717) is 16.4 Å². The third-order valence-electron chi connectivity index (χ3n) is 5.26. The Bertz CT molecular complexity index is 797. The second kappa shape index (κ2) is 8.14. The fourth-order valence-corrected chi connectivity index (χ4v) is 3.69. The van der Waals surface area contributed by atoms with E-state index >= 15 is 0 Å². The lowest BCUT2D eigenvalue weighted by molar-refractivity contribution is -0.759. The summed E-state index contributed by atoms with van der Waals surface area (Å²) in [5.74, 6) is 0.270. The number of piperazine rings is 1. The van der Waals surface area contributed by atoms with Crippen LogP contribution >= 0.6 is 12.2 Å². The Balaban J connectivity index is 1.28. The third kappa shape index (κ3) is 4.33. The molecule has 1 saturated heterocycles. The van der Waals surface area contributed by atoms with Crippen LogP contribution in [0.25, 0.3) is 5.32 Å². The molecule has 0 spiro atoms. The van der Waals surface area contributed by atoms with Crippen LogP contribution in [0.4, 0.5) is 5.88 Å². The molecule has 1 saturated carbocycles. The van der Waals surface area contributed by atoms with Gasteiger partial charge in [0, 0.05) is 31.1 Å². The molecule has 4 rings (SSSR count). The van der Waals surface area contributed by atoms with Crippen molar-refractivity contribution in [1.82, 2.24) is 10.2 Å². The molecule has 27 heavy (non-hydrogen) atoms. The number of hydrogen-bond donors (Lipinski definition) is 0. The van der Waals surface area contributed by atoms with Crippen LogP contribution in [-0.4, -0.2) is 53.2 Å². The summed E-state index contributed by atoms with van der Waals surface area (Å²) in [6.07, 6.45) is 5.83. The number of nitrogens with zero attached hydrogens (tertiary/aromatic N) is 5. The summed E-state index contributed by atoms with van der Waals surface area (Å²) in [4.78, 5) is 16.8. The van der Waals surface area contributed by atoms with Gasteiger partial charge in [-0.1, -0.05) is 41.7 Å². The maximum Gasteiger partial charge on any atom is 0.257 e. The summed E-state index contributed by atoms with van der Waals surface area (Å²) in [5, 5.41) is 10.4. The molecule has 2 aromatic rings. The lowest BCUT2D eigenvalue weighted by atomic mass is 9.91. The quantitative estimate of drug-likeness (QED) is 0.432. The van der Waals surface area contributed by atoms with Gasteiger partial charge in [0.1, 0.15) is 5.88 Å². The van der Waals surface area contributed by atoms with Crippen LogP contribution in [0.15, 0.2) is 41.1 Å². The van der Waals surface area contributed by atoms with E-state index in [1.54, 1.807) is 23.1 Å². The van der Waals surface area contributed by atoms with Crippen LogP contribution in [0.3, 0.4) is 0 Å². The van der Waals surface area contributed by atoms with E-state index in [0.717, 1.165) is 32.2 Å². The van der Waals surface area contributed by atoms with E-state index in [-0.39, 0.29) is 12.2 Å². The zero-order valence-electron chi connectivity index (χ0n) is 15.2. The second-order valence-corrected chi connectivity index (χ2v) is 7.48. The molecule has 1 aromatic carbocycles. The van der Waals surface area contributed by atoms with Gasteiger partial charge in [0.05, 0.1) is 17.9 Å². The average Bonchev–Trinajstić information content (AvgIpc) is 3.10. The molecule has 1 aliphatic heterocycles. The molecule has 2 fully saturated rings. The maximum absolute atomic E-state index is 12.2. The molecule has 0 N–H and O–H groups in total. The van der Waals surface area contributed by atoms with Crippen molar-refractivity contribution in [1.29, 1.82) is 0 Å². The minimum absolute atomic E-state index is 0.0520. The summed E-state index contributed by atoms with van der Waals surface area (Å²) in [6.45, 7) is 3.90. The first-order valence-corrected chi connectivity index (χ1v) is 9.80. The highest BCUT2D eigenvalue weighted by atomic mass is 32.1. The van der Waals surface area contributed by atoms with Crippen molar-refractivity contribution in [3.63, 3.8) is 0 Å². The molecular formula is C19H23N5O2S. The first-order chi connectivity index (χ1) is 13.2. The van der Waals surface area contributed by atoms with Gasteiger partial charge >= 0.3 is 0 Å². The Kier molecular flexibility index (Phi) is 5.45. The van der Waals surface area contributed by atoms with Crippen LogP contribution in [-0.2, 0) is 0 Å². The largest absolute Gasteiger partial charge is 0.613 e. The Morgan fingerprint density at radius 1 is 1.22 bits per heavy atom. The van der Waals surface area contributed by atoms with E-state index in [1.165, 1.54) is 19.3 Å². The van der Waals surface area contributed by atoms with Gasteiger partial charge in [-0.25, -0.2) is 0 Å². The van der Waals surface area contributed by atoms with Crippen molar-refractivity contribution in [2.75, 3.05) is 31.2 Å². The number of rotatable bonds is 6. The van der Waals surface area contributed by atoms with E-state index in [4.69, 9.17) is 16.7 Å². The number of thiocarbonyl (C=S) groups is 1. The maximum atomic E-state index is 12.2. The molecule has 7 nitrogen and oxygen atoms in total. The Morgan fingerprint density at radius 3 is 2.63 bits per heavy atom. The van der Waals surface area contributed by atoms with Crippen molar-refractivity contribution >= 4 is 28.9 Å². The number of aromatic nitrogens is 2. The number of carbonyl (C=O) groups is 1. The van der Waals surface area contributed by atoms with Gasteiger partial charge in [0.25, 0.3) is 6.20 Å². The number of Topliss-reactive ketones (excluding diaryl/α,β-unsaturated/α-hetero) is 1. The number of benzene rings is 1. The van der Waals surface area contributed by atoms with Crippen LogP contribution in [0.1, 0.15) is 36.0 Å². The van der Waals surface area contributed by atoms with Crippen LogP contribution < -0.4 is 9.80 Å². The van der Waals surface area contributed by atoms with E-state index in [1.807, 2.05) is 18.2 Å². The van der Waals surface area contributed by atoms with Gasteiger partial charge in [-0.2, -0.15) is 5.01 Å². The molecule has 2 aliphatic rings. The molecule has 2 heterocycles. The van der Waals surface area contributed by atoms with Crippen LogP contribution in [0, 0.1) is 0 Å². The molecule has 0 bridgehead atoms. The van der Waals surface area contributed by atoms with Crippen LogP contribution in [0.5, 0.6) is 0 Å². The van der Waals surface area contributed by atoms with Crippen molar-refractivity contribution < 1.29 is 14.1 Å². The zero-order chi connectivity index (χ0) is 18.6. The monoisotopic (exact) mass is 385 g/mol. The summed E-state index contributed by atoms with van der Waals surface area (Å²) in [5.41, 5.74) is 0.631. The van der Waals surface area contributed by atoms with Crippen molar-refractivity contribution in [3.05, 3.63) is 47.4 Å². The normalized spacial score (nSPS) is 18.1. The zero-order valence-corrected chi connectivity index (χ0v) is 16.0. The number of carbonyl (C=O) groups excluding carboxylic acids is 1. The predicted molar refractivity (Wildman–Crippen MR) is 105 cm³/mol. The first-order valence-electron chi connectivity index (χ1n) is 9.40. The molecule has 0 amide bonds. The van der Waals surface area contributed by atoms with Gasteiger partial charge in [-0.05, 0) is 12.8 Å². The Hall–Kier alpha value is -2.32. The van der Waals surface area contributed by atoms with E-state index < -0.39 is 0 Å². The smallest absolute Gasteiger partial charge is 0.257 e. The highest BCUT2D eigenvalue weighted by molar-refractivity contribution is 7.80. The molecule has 0 radical (unpaired) electrons. The summed E-state index contributed by atoms with van der Waals surface area (Å²) < 4.78 is 5.27. The van der Waals surface area contributed by atoms with Gasteiger partial charge in [0.2, 0.25) is 5.27 Å². The fraction of sp³-hybridized carbons (Fsp3) is 0.474. The lowest BCUT2D eigenvalue weighted by Gasteiger charge is -2.40. The second-order valence-electron chi connectivity index (χ2n) is 7.01. The summed E-state index contributed by atoms with van der Waals surface area (Å²) in [6, 6.07) is 9.86. The first kappa shape index (κ1) is 18.1. The molecule has 0 unspecified atom stereocenters. The predicted octanol–water partition coefficient (Wildman–Crippen LogP) is 2.37. The lowest BCUT2D eigenvalue weighted by Crippen LogP contribution is -2.66. The third-order valence-corrected chi connectivity index (χ3v) is 5.49. The SMILES string of the molecule is O=C(CC(=S)[N-]c1c[n+](N2CCN(C3CCC3)CC2)no1)c1ccccc1. The molecule has 1 aliphatic carbocycles. The average molecular weight is 385 g/mol. The number of hydrogen-bond acceptors (Lipinski definition) is 6. The topological polar surface area (TPSA) is 67.6 Å². The molecule has 0 atom stereocenters. The van der Waals surface area contributed by atoms with E-state index in [2.05, 4.69) is 20.5 Å². The van der Waals surface area contributed by atoms with Crippen molar-refractivity contribution in [2.24, 2.45) is 0 Å². The van der Waals surface area contributed by atoms with Gasteiger partial charge in [0.15, 0.2) is 5.78 Å². The van der Waals surface area contributed by atoms with Crippen molar-refractivity contribution in [2.45, 2.75) is 31.7 Å². The van der Waals surface area contributed by atoms with E-state index in [9.17, 15) is 4.79 Å². The summed E-state index contributed by atoms with van der Waals surface area (Å²) >= 11 is 5.24. The summed E-state index contributed by atoms with van der Waals surface area (Å²) in [7, 11) is 0. The highest BCUT2D eigenvalue weighted by Gasteiger charge is 2.31. The minimum Gasteiger partial charge on any atom is -0.613 e. The van der Waals surface area contributed by atoms with Gasteiger partial charge in [-0.3, -0.25) is 9.69 Å². The molecular weight excluding hydrogens is 362 g/mol. The standard InChI is InChI=1S/C19H23N5O2S/c25-17(15-5-2-1-3-6-15)13-19(27)20-18-14-24(21-26-18)23-11-9-22(10-12-23)16-7-4-8-16/h1-3,5-6,14,16H,4,7-13H2. The molecule has 1 aromatic heterocycles. The Labute approximate surface area is 163 Å². The minimum atomic E-state index is -0.0520. The Morgan fingerprint density at radius 2 is 1.96 bits per heavy atom. The molecule has 8 heteroatoms. The highest BCUT2D eigenvalue weighted by Crippen LogP contribution is 2.25. The fourth-order valence-electron chi connectivity index (χ4n) is 3.47.